The average molecular weight is 355 g/mol. The summed E-state index contributed by atoms with van der Waals surface area (Å²) in [6.07, 6.45) is 2.24. The molecular formula is C21H25NO4. The molecule has 0 aliphatic carbocycles. The van der Waals surface area contributed by atoms with Crippen LogP contribution in [0.15, 0.2) is 48.5 Å². The summed E-state index contributed by atoms with van der Waals surface area (Å²) in [5, 5.41) is 0. The molecule has 3 rings (SSSR count). The molecular weight excluding hydrogens is 330 g/mol. The Morgan fingerprint density at radius 1 is 1.08 bits per heavy atom. The number of carbonyl (C=O) groups excluding carboxylic acids is 1. The van der Waals surface area contributed by atoms with Crippen molar-refractivity contribution in [3.63, 3.8) is 0 Å². The standard InChI is InChI=1S/C21H25NO4/c1-16-5-7-18(8-6-16)26-19-11-9-17(10-12-19)25-15-21(23)22(2)14-20-4-3-13-24-20/h5-12,20H,3-4,13-15H2,1-2H3. The van der Waals surface area contributed by atoms with Crippen molar-refractivity contribution in [1.82, 2.24) is 4.90 Å². The van der Waals surface area contributed by atoms with Gasteiger partial charge in [0.1, 0.15) is 17.2 Å². The third kappa shape index (κ3) is 5.23. The van der Waals surface area contributed by atoms with Gasteiger partial charge >= 0.3 is 0 Å². The number of likely N-dealkylation sites (N-methyl/N-ethyl adjacent to an activating group) is 1. The van der Waals surface area contributed by atoms with Gasteiger partial charge in [0.25, 0.3) is 5.91 Å². The van der Waals surface area contributed by atoms with Gasteiger partial charge in [-0.05, 0) is 56.2 Å². The molecule has 5 heteroatoms. The molecule has 1 aliphatic heterocycles. The predicted octanol–water partition coefficient (Wildman–Crippen LogP) is 3.80. The Bertz CT molecular complexity index is 706. The SMILES string of the molecule is Cc1ccc(Oc2ccc(OCC(=O)N(C)CC3CCCO3)cc2)cc1. The first-order valence-corrected chi connectivity index (χ1v) is 8.93. The van der Waals surface area contributed by atoms with E-state index in [0.717, 1.165) is 30.9 Å². The molecule has 1 fully saturated rings. The Hall–Kier alpha value is -2.53. The number of ether oxygens (including phenoxy) is 3. The molecule has 5 nitrogen and oxygen atoms in total. The number of hydrogen-bond donors (Lipinski definition) is 0. The number of rotatable bonds is 7. The summed E-state index contributed by atoms with van der Waals surface area (Å²) in [5.41, 5.74) is 1.19. The van der Waals surface area contributed by atoms with Crippen LogP contribution in [0, 0.1) is 6.92 Å². The number of aryl methyl sites for hydroxylation is 1. The van der Waals surface area contributed by atoms with E-state index in [9.17, 15) is 4.79 Å². The molecule has 1 atom stereocenters. The Morgan fingerprint density at radius 3 is 2.31 bits per heavy atom. The Kier molecular flexibility index (Phi) is 6.12. The van der Waals surface area contributed by atoms with Gasteiger partial charge in [0.05, 0.1) is 6.10 Å². The lowest BCUT2D eigenvalue weighted by Gasteiger charge is -2.20. The van der Waals surface area contributed by atoms with Gasteiger partial charge in [0, 0.05) is 20.2 Å². The van der Waals surface area contributed by atoms with Crippen LogP contribution in [0.3, 0.4) is 0 Å². The zero-order valence-corrected chi connectivity index (χ0v) is 15.3. The lowest BCUT2D eigenvalue weighted by Crippen LogP contribution is -2.37. The lowest BCUT2D eigenvalue weighted by atomic mass is 10.2. The number of amides is 1. The van der Waals surface area contributed by atoms with Crippen molar-refractivity contribution >= 4 is 5.91 Å². The van der Waals surface area contributed by atoms with Crippen LogP contribution in [0.1, 0.15) is 18.4 Å². The molecule has 26 heavy (non-hydrogen) atoms. The van der Waals surface area contributed by atoms with Crippen LogP contribution in [-0.2, 0) is 9.53 Å². The van der Waals surface area contributed by atoms with Gasteiger partial charge < -0.3 is 19.1 Å². The molecule has 2 aromatic rings. The molecule has 0 saturated carbocycles. The second kappa shape index (κ2) is 8.72. The third-order valence-electron chi connectivity index (χ3n) is 4.37. The van der Waals surface area contributed by atoms with Gasteiger partial charge in [-0.15, -0.1) is 0 Å². The smallest absolute Gasteiger partial charge is 0.260 e. The van der Waals surface area contributed by atoms with Crippen LogP contribution >= 0.6 is 0 Å². The van der Waals surface area contributed by atoms with Crippen LogP contribution < -0.4 is 9.47 Å². The highest BCUT2D eigenvalue weighted by atomic mass is 16.5. The van der Waals surface area contributed by atoms with Crippen LogP contribution in [0.25, 0.3) is 0 Å². The highest BCUT2D eigenvalue weighted by molar-refractivity contribution is 5.77. The van der Waals surface area contributed by atoms with Crippen LogP contribution in [0.4, 0.5) is 0 Å². The molecule has 1 aliphatic rings. The van der Waals surface area contributed by atoms with Gasteiger partial charge in [-0.3, -0.25) is 4.79 Å². The molecule has 1 saturated heterocycles. The zero-order chi connectivity index (χ0) is 18.4. The van der Waals surface area contributed by atoms with Gasteiger partial charge in [-0.1, -0.05) is 17.7 Å². The van der Waals surface area contributed by atoms with Crippen molar-refractivity contribution in [1.29, 1.82) is 0 Å². The van der Waals surface area contributed by atoms with Crippen LogP contribution in [0.2, 0.25) is 0 Å². The van der Waals surface area contributed by atoms with Crippen LogP contribution in [-0.4, -0.2) is 43.7 Å². The topological polar surface area (TPSA) is 48.0 Å². The van der Waals surface area contributed by atoms with E-state index in [4.69, 9.17) is 14.2 Å². The fourth-order valence-corrected chi connectivity index (χ4v) is 2.80. The van der Waals surface area contributed by atoms with Crippen molar-refractivity contribution in [2.24, 2.45) is 0 Å². The normalized spacial score (nSPS) is 16.3. The summed E-state index contributed by atoms with van der Waals surface area (Å²) < 4.78 is 16.9. The number of benzene rings is 2. The summed E-state index contributed by atoms with van der Waals surface area (Å²) in [6.45, 7) is 3.46. The summed E-state index contributed by atoms with van der Waals surface area (Å²) in [5.74, 6) is 2.10. The molecule has 0 N–H and O–H groups in total. The van der Waals surface area contributed by atoms with E-state index >= 15 is 0 Å². The third-order valence-corrected chi connectivity index (χ3v) is 4.37. The monoisotopic (exact) mass is 355 g/mol. The zero-order valence-electron chi connectivity index (χ0n) is 15.3. The number of carbonyl (C=O) groups is 1. The number of nitrogens with zero attached hydrogens (tertiary/aromatic N) is 1. The van der Waals surface area contributed by atoms with Gasteiger partial charge in [-0.2, -0.15) is 0 Å². The first-order chi connectivity index (χ1) is 12.6. The molecule has 0 aromatic heterocycles. The molecule has 1 unspecified atom stereocenters. The van der Waals surface area contributed by atoms with Crippen molar-refractivity contribution in [2.45, 2.75) is 25.9 Å². The molecule has 0 radical (unpaired) electrons. The van der Waals surface area contributed by atoms with Gasteiger partial charge in [0.15, 0.2) is 6.61 Å². The lowest BCUT2D eigenvalue weighted by molar-refractivity contribution is -0.133. The Balaban J connectivity index is 1.46. The summed E-state index contributed by atoms with van der Waals surface area (Å²) in [4.78, 5) is 13.8. The largest absolute Gasteiger partial charge is 0.484 e. The molecule has 0 bridgehead atoms. The fraction of sp³-hybridized carbons (Fsp3) is 0.381. The quantitative estimate of drug-likeness (QED) is 0.758. The fourth-order valence-electron chi connectivity index (χ4n) is 2.80. The number of hydrogen-bond acceptors (Lipinski definition) is 4. The summed E-state index contributed by atoms with van der Waals surface area (Å²) >= 11 is 0. The summed E-state index contributed by atoms with van der Waals surface area (Å²) in [6, 6.07) is 15.1. The highest BCUT2D eigenvalue weighted by Crippen LogP contribution is 2.24. The van der Waals surface area contributed by atoms with Gasteiger partial charge in [0.2, 0.25) is 0 Å². The first-order valence-electron chi connectivity index (χ1n) is 8.93. The predicted molar refractivity (Wildman–Crippen MR) is 99.8 cm³/mol. The minimum absolute atomic E-state index is 0.0153. The van der Waals surface area contributed by atoms with Crippen molar-refractivity contribution < 1.29 is 19.0 Å². The maximum atomic E-state index is 12.2. The second-order valence-electron chi connectivity index (χ2n) is 6.58. The van der Waals surface area contributed by atoms with E-state index < -0.39 is 0 Å². The molecule has 1 heterocycles. The van der Waals surface area contributed by atoms with E-state index in [0.29, 0.717) is 12.3 Å². The summed E-state index contributed by atoms with van der Waals surface area (Å²) in [7, 11) is 1.78. The minimum Gasteiger partial charge on any atom is -0.484 e. The Morgan fingerprint density at radius 2 is 1.69 bits per heavy atom. The Labute approximate surface area is 154 Å². The van der Waals surface area contributed by atoms with Crippen molar-refractivity contribution in [2.75, 3.05) is 26.8 Å². The first kappa shape index (κ1) is 18.3. The van der Waals surface area contributed by atoms with Crippen molar-refractivity contribution in [3.8, 4) is 17.2 Å². The maximum absolute atomic E-state index is 12.2. The molecule has 2 aromatic carbocycles. The van der Waals surface area contributed by atoms with Crippen LogP contribution in [0.5, 0.6) is 17.2 Å². The maximum Gasteiger partial charge on any atom is 0.260 e. The minimum atomic E-state index is -0.0551. The average Bonchev–Trinajstić information content (AvgIpc) is 3.16. The van der Waals surface area contributed by atoms with E-state index in [2.05, 4.69) is 0 Å². The van der Waals surface area contributed by atoms with E-state index in [1.54, 1.807) is 24.1 Å². The van der Waals surface area contributed by atoms with E-state index in [1.807, 2.05) is 43.3 Å². The molecule has 1 amide bonds. The van der Waals surface area contributed by atoms with Gasteiger partial charge in [-0.25, -0.2) is 0 Å². The second-order valence-corrected chi connectivity index (χ2v) is 6.58. The molecule has 0 spiro atoms. The van der Waals surface area contributed by atoms with E-state index in [-0.39, 0.29) is 18.6 Å². The molecule has 138 valence electrons. The highest BCUT2D eigenvalue weighted by Gasteiger charge is 2.20. The van der Waals surface area contributed by atoms with E-state index in [1.165, 1.54) is 5.56 Å². The van der Waals surface area contributed by atoms with Crippen molar-refractivity contribution in [3.05, 3.63) is 54.1 Å².